The molecule has 0 saturated heterocycles. The van der Waals surface area contributed by atoms with Gasteiger partial charge in [-0.2, -0.15) is 5.26 Å². The van der Waals surface area contributed by atoms with Gasteiger partial charge in [-0.25, -0.2) is 4.79 Å². The first-order valence-electron chi connectivity index (χ1n) is 9.75. The maximum Gasteiger partial charge on any atom is 0.407 e. The molecule has 1 aliphatic carbocycles. The summed E-state index contributed by atoms with van der Waals surface area (Å²) in [5.74, 6) is 0.757. The van der Waals surface area contributed by atoms with Gasteiger partial charge in [-0.05, 0) is 64.2 Å². The Morgan fingerprint density at radius 2 is 1.69 bits per heavy atom. The second-order valence-corrected chi connectivity index (χ2v) is 8.07. The van der Waals surface area contributed by atoms with Gasteiger partial charge in [0.15, 0.2) is 5.96 Å². The maximum absolute atomic E-state index is 11.9. The molecule has 0 unspecified atom stereocenters. The Morgan fingerprint density at radius 3 is 2.17 bits per heavy atom. The highest BCUT2D eigenvalue weighted by molar-refractivity contribution is 14.0. The lowest BCUT2D eigenvalue weighted by Gasteiger charge is -2.31. The molecule has 0 atom stereocenters. The molecule has 0 heterocycles. The van der Waals surface area contributed by atoms with Crippen molar-refractivity contribution < 1.29 is 9.53 Å². The van der Waals surface area contributed by atoms with Gasteiger partial charge >= 0.3 is 6.09 Å². The van der Waals surface area contributed by atoms with Gasteiger partial charge in [0.2, 0.25) is 0 Å². The quantitative estimate of drug-likeness (QED) is 0.324. The number of halogens is 1. The number of amides is 1. The first-order valence-corrected chi connectivity index (χ1v) is 9.75. The third kappa shape index (κ3) is 9.35. The fourth-order valence-corrected chi connectivity index (χ4v) is 3.13. The van der Waals surface area contributed by atoms with Crippen LogP contribution < -0.4 is 16.0 Å². The molecule has 0 spiro atoms. The molecule has 0 aromatic heterocycles. The molecule has 29 heavy (non-hydrogen) atoms. The zero-order chi connectivity index (χ0) is 20.6. The third-order valence-corrected chi connectivity index (χ3v) is 4.56. The van der Waals surface area contributed by atoms with Crippen LogP contribution in [0.4, 0.5) is 4.79 Å². The van der Waals surface area contributed by atoms with Crippen LogP contribution in [0.15, 0.2) is 29.3 Å². The fourth-order valence-electron chi connectivity index (χ4n) is 3.13. The standard InChI is InChI=1S/C21H31N5O2.HI/c1-21(2,3)28-20(27)26-18-11-9-17(10-12-18)25-19(23-4)24-14-16-7-5-15(13-22)6-8-16;/h5-8,17-18H,9-12,14H2,1-4H3,(H,26,27)(H2,23,24,25);1H. The molecule has 1 aromatic carbocycles. The number of rotatable bonds is 4. The largest absolute Gasteiger partial charge is 0.444 e. The van der Waals surface area contributed by atoms with Crippen LogP contribution in [0.2, 0.25) is 0 Å². The normalized spacial score (nSPS) is 19.3. The zero-order valence-electron chi connectivity index (χ0n) is 17.6. The van der Waals surface area contributed by atoms with Gasteiger partial charge in [-0.1, -0.05) is 12.1 Å². The molecule has 3 N–H and O–H groups in total. The maximum atomic E-state index is 11.9. The van der Waals surface area contributed by atoms with E-state index in [-0.39, 0.29) is 36.1 Å². The smallest absolute Gasteiger partial charge is 0.407 e. The number of nitrogens with one attached hydrogen (secondary N) is 3. The molecule has 8 heteroatoms. The Bertz CT molecular complexity index is 714. The van der Waals surface area contributed by atoms with Crippen molar-refractivity contribution in [1.82, 2.24) is 16.0 Å². The number of hydrogen-bond donors (Lipinski definition) is 3. The van der Waals surface area contributed by atoms with Gasteiger partial charge in [0.25, 0.3) is 0 Å². The van der Waals surface area contributed by atoms with Crippen molar-refractivity contribution in [3.05, 3.63) is 35.4 Å². The van der Waals surface area contributed by atoms with Crippen molar-refractivity contribution in [2.45, 2.75) is 70.7 Å². The summed E-state index contributed by atoms with van der Waals surface area (Å²) in [4.78, 5) is 16.2. The van der Waals surface area contributed by atoms with Gasteiger partial charge in [-0.15, -0.1) is 24.0 Å². The Hall–Kier alpha value is -2.02. The lowest BCUT2D eigenvalue weighted by Crippen LogP contribution is -2.47. The van der Waals surface area contributed by atoms with Crippen LogP contribution in [-0.2, 0) is 11.3 Å². The van der Waals surface area contributed by atoms with E-state index < -0.39 is 5.60 Å². The van der Waals surface area contributed by atoms with Gasteiger partial charge in [0.1, 0.15) is 5.60 Å². The van der Waals surface area contributed by atoms with E-state index in [1.807, 2.05) is 45.0 Å². The Balaban J connectivity index is 0.00000420. The molecule has 7 nitrogen and oxygen atoms in total. The first-order chi connectivity index (χ1) is 13.3. The van der Waals surface area contributed by atoms with E-state index >= 15 is 0 Å². The Labute approximate surface area is 190 Å². The summed E-state index contributed by atoms with van der Waals surface area (Å²) in [6.45, 7) is 6.23. The summed E-state index contributed by atoms with van der Waals surface area (Å²) < 4.78 is 5.33. The van der Waals surface area contributed by atoms with Gasteiger partial charge in [0.05, 0.1) is 11.6 Å². The van der Waals surface area contributed by atoms with Gasteiger partial charge in [0, 0.05) is 25.7 Å². The number of nitrogens with zero attached hydrogens (tertiary/aromatic N) is 2. The van der Waals surface area contributed by atoms with Crippen LogP contribution in [0.1, 0.15) is 57.6 Å². The van der Waals surface area contributed by atoms with Crippen molar-refractivity contribution in [3.63, 3.8) is 0 Å². The van der Waals surface area contributed by atoms with E-state index in [9.17, 15) is 4.79 Å². The lowest BCUT2D eigenvalue weighted by molar-refractivity contribution is 0.0490. The number of aliphatic imine (C=N–C) groups is 1. The predicted octanol–water partition coefficient (Wildman–Crippen LogP) is 3.68. The predicted molar refractivity (Wildman–Crippen MR) is 125 cm³/mol. The van der Waals surface area contributed by atoms with Crippen molar-refractivity contribution in [1.29, 1.82) is 5.26 Å². The molecule has 1 fully saturated rings. The van der Waals surface area contributed by atoms with Gasteiger partial charge < -0.3 is 20.7 Å². The van der Waals surface area contributed by atoms with Crippen molar-refractivity contribution in [2.75, 3.05) is 7.05 Å². The minimum atomic E-state index is -0.476. The molecule has 0 radical (unpaired) electrons. The van der Waals surface area contributed by atoms with Crippen LogP contribution in [0.25, 0.3) is 0 Å². The van der Waals surface area contributed by atoms with Crippen LogP contribution in [0.3, 0.4) is 0 Å². The van der Waals surface area contributed by atoms with E-state index in [0.717, 1.165) is 37.2 Å². The molecule has 160 valence electrons. The lowest BCUT2D eigenvalue weighted by atomic mass is 9.91. The monoisotopic (exact) mass is 513 g/mol. The molecular weight excluding hydrogens is 481 g/mol. The fraction of sp³-hybridized carbons (Fsp3) is 0.571. The number of benzene rings is 1. The second-order valence-electron chi connectivity index (χ2n) is 8.07. The molecule has 1 saturated carbocycles. The van der Waals surface area contributed by atoms with Crippen LogP contribution >= 0.6 is 24.0 Å². The van der Waals surface area contributed by atoms with Crippen molar-refractivity contribution >= 4 is 36.0 Å². The highest BCUT2D eigenvalue weighted by Crippen LogP contribution is 2.19. The van der Waals surface area contributed by atoms with E-state index in [0.29, 0.717) is 18.2 Å². The highest BCUT2D eigenvalue weighted by atomic mass is 127. The van der Waals surface area contributed by atoms with E-state index in [1.54, 1.807) is 7.05 Å². The van der Waals surface area contributed by atoms with Crippen LogP contribution in [-0.4, -0.2) is 36.8 Å². The minimum absolute atomic E-state index is 0. The number of carbonyl (C=O) groups excluding carboxylic acids is 1. The Kier molecular flexibility index (Phi) is 10.2. The molecule has 1 amide bonds. The third-order valence-electron chi connectivity index (χ3n) is 4.56. The number of ether oxygens (including phenoxy) is 1. The van der Waals surface area contributed by atoms with Crippen molar-refractivity contribution in [2.24, 2.45) is 4.99 Å². The van der Waals surface area contributed by atoms with E-state index in [4.69, 9.17) is 10.00 Å². The Morgan fingerprint density at radius 1 is 1.14 bits per heavy atom. The summed E-state index contributed by atoms with van der Waals surface area (Å²) in [7, 11) is 1.75. The molecule has 1 aromatic rings. The van der Waals surface area contributed by atoms with Crippen LogP contribution in [0, 0.1) is 11.3 Å². The average molecular weight is 513 g/mol. The number of alkyl carbamates (subject to hydrolysis) is 1. The molecular formula is C21H32IN5O2. The molecule has 2 rings (SSSR count). The summed E-state index contributed by atoms with van der Waals surface area (Å²) in [6, 6.07) is 10.1. The molecule has 0 bridgehead atoms. The number of guanidine groups is 1. The van der Waals surface area contributed by atoms with Crippen molar-refractivity contribution in [3.8, 4) is 6.07 Å². The topological polar surface area (TPSA) is 98.5 Å². The minimum Gasteiger partial charge on any atom is -0.444 e. The number of hydrogen-bond acceptors (Lipinski definition) is 4. The summed E-state index contributed by atoms with van der Waals surface area (Å²) in [5, 5.41) is 18.6. The second kappa shape index (κ2) is 11.9. The SMILES string of the molecule is CN=C(NCc1ccc(C#N)cc1)NC1CCC(NC(=O)OC(C)(C)C)CC1.I. The summed E-state index contributed by atoms with van der Waals surface area (Å²) >= 11 is 0. The highest BCUT2D eigenvalue weighted by Gasteiger charge is 2.25. The average Bonchev–Trinajstić information content (AvgIpc) is 2.65. The summed E-state index contributed by atoms with van der Waals surface area (Å²) in [6.07, 6.45) is 3.38. The number of carbonyl (C=O) groups is 1. The van der Waals surface area contributed by atoms with Gasteiger partial charge in [-0.3, -0.25) is 4.99 Å². The van der Waals surface area contributed by atoms with E-state index in [2.05, 4.69) is 27.0 Å². The van der Waals surface area contributed by atoms with Crippen LogP contribution in [0.5, 0.6) is 0 Å². The number of nitriles is 1. The molecule has 0 aliphatic heterocycles. The zero-order valence-corrected chi connectivity index (χ0v) is 19.9. The van der Waals surface area contributed by atoms with E-state index in [1.165, 1.54) is 0 Å². The first kappa shape index (κ1) is 25.0. The summed E-state index contributed by atoms with van der Waals surface area (Å²) in [5.41, 5.74) is 1.27. The molecule has 1 aliphatic rings.